The minimum absolute atomic E-state index is 0.156. The summed E-state index contributed by atoms with van der Waals surface area (Å²) in [6, 6.07) is 10.6. The van der Waals surface area contributed by atoms with Crippen molar-refractivity contribution in [1.82, 2.24) is 10.2 Å². The van der Waals surface area contributed by atoms with Crippen LogP contribution in [-0.4, -0.2) is 51.1 Å². The average molecular weight is 427 g/mol. The molecule has 0 spiro atoms. The molecule has 0 fully saturated rings. The van der Waals surface area contributed by atoms with E-state index < -0.39 is 0 Å². The molecular formula is C24H30N2O5. The van der Waals surface area contributed by atoms with Gasteiger partial charge in [-0.25, -0.2) is 0 Å². The van der Waals surface area contributed by atoms with Crippen LogP contribution < -0.4 is 19.5 Å². The summed E-state index contributed by atoms with van der Waals surface area (Å²) in [5.74, 6) is 0.709. The number of nitrogens with one attached hydrogen (secondary N) is 1. The van der Waals surface area contributed by atoms with Gasteiger partial charge in [0.25, 0.3) is 11.8 Å². The molecule has 0 heterocycles. The van der Waals surface area contributed by atoms with Crippen molar-refractivity contribution in [1.29, 1.82) is 0 Å². The van der Waals surface area contributed by atoms with Crippen LogP contribution in [0.2, 0.25) is 0 Å². The lowest BCUT2D eigenvalue weighted by Gasteiger charge is -2.21. The molecule has 0 aromatic heterocycles. The second-order valence-electron chi connectivity index (χ2n) is 6.81. The van der Waals surface area contributed by atoms with E-state index in [-0.39, 0.29) is 17.5 Å². The molecule has 2 amide bonds. The minimum Gasteiger partial charge on any atom is -0.493 e. The van der Waals surface area contributed by atoms with E-state index in [4.69, 9.17) is 14.2 Å². The Morgan fingerprint density at radius 2 is 1.48 bits per heavy atom. The third-order valence-electron chi connectivity index (χ3n) is 4.84. The number of carbonyl (C=O) groups is 2. The van der Waals surface area contributed by atoms with Crippen molar-refractivity contribution >= 4 is 17.9 Å². The zero-order chi connectivity index (χ0) is 23.0. The van der Waals surface area contributed by atoms with Crippen LogP contribution in [0.25, 0.3) is 6.08 Å². The van der Waals surface area contributed by atoms with Crippen molar-refractivity contribution in [3.05, 3.63) is 58.8 Å². The topological polar surface area (TPSA) is 77.1 Å². The fourth-order valence-corrected chi connectivity index (χ4v) is 3.08. The molecule has 0 aliphatic rings. The van der Waals surface area contributed by atoms with Gasteiger partial charge in [-0.15, -0.1) is 0 Å². The van der Waals surface area contributed by atoms with Gasteiger partial charge in [-0.3, -0.25) is 9.59 Å². The van der Waals surface area contributed by atoms with E-state index in [1.54, 1.807) is 35.2 Å². The zero-order valence-corrected chi connectivity index (χ0v) is 18.9. The quantitative estimate of drug-likeness (QED) is 0.619. The van der Waals surface area contributed by atoms with Gasteiger partial charge < -0.3 is 24.4 Å². The molecule has 0 aliphatic heterocycles. The molecule has 7 nitrogen and oxygen atoms in total. The van der Waals surface area contributed by atoms with Crippen LogP contribution in [0.3, 0.4) is 0 Å². The third-order valence-corrected chi connectivity index (χ3v) is 4.84. The normalized spacial score (nSPS) is 11.0. The summed E-state index contributed by atoms with van der Waals surface area (Å²) in [6.45, 7) is 6.76. The van der Waals surface area contributed by atoms with E-state index in [1.165, 1.54) is 21.3 Å². The van der Waals surface area contributed by atoms with E-state index in [0.717, 1.165) is 5.56 Å². The SMILES string of the molecule is CCN(CC)C(=O)C(=Cc1cc(OC)c(OC)c(OC)c1)NC(=O)c1ccc(C)cc1. The maximum atomic E-state index is 13.1. The predicted octanol–water partition coefficient (Wildman–Crippen LogP) is 3.66. The van der Waals surface area contributed by atoms with Crippen LogP contribution in [0.5, 0.6) is 17.2 Å². The van der Waals surface area contributed by atoms with Crippen LogP contribution in [0.1, 0.15) is 35.3 Å². The van der Waals surface area contributed by atoms with Gasteiger partial charge in [-0.2, -0.15) is 0 Å². The number of hydrogen-bond acceptors (Lipinski definition) is 5. The van der Waals surface area contributed by atoms with Gasteiger partial charge >= 0.3 is 0 Å². The molecule has 2 aromatic carbocycles. The lowest BCUT2D eigenvalue weighted by molar-refractivity contribution is -0.127. The summed E-state index contributed by atoms with van der Waals surface area (Å²) in [5.41, 5.74) is 2.29. The molecule has 1 N–H and O–H groups in total. The monoisotopic (exact) mass is 426 g/mol. The standard InChI is InChI=1S/C24H30N2O5/c1-7-26(8-2)24(28)19(25-23(27)18-11-9-16(3)10-12-18)13-17-14-20(29-4)22(31-6)21(15-17)30-5/h9-15H,7-8H2,1-6H3,(H,25,27). The molecule has 0 aliphatic carbocycles. The van der Waals surface area contributed by atoms with Crippen molar-refractivity contribution in [2.75, 3.05) is 34.4 Å². The van der Waals surface area contributed by atoms with Crippen molar-refractivity contribution in [3.63, 3.8) is 0 Å². The van der Waals surface area contributed by atoms with Crippen molar-refractivity contribution in [2.24, 2.45) is 0 Å². The number of ether oxygens (including phenoxy) is 3. The van der Waals surface area contributed by atoms with Crippen LogP contribution in [0, 0.1) is 6.92 Å². The number of hydrogen-bond donors (Lipinski definition) is 1. The zero-order valence-electron chi connectivity index (χ0n) is 18.9. The number of methoxy groups -OCH3 is 3. The maximum Gasteiger partial charge on any atom is 0.270 e. The number of likely N-dealkylation sites (N-methyl/N-ethyl adjacent to an activating group) is 1. The smallest absolute Gasteiger partial charge is 0.270 e. The molecular weight excluding hydrogens is 396 g/mol. The third kappa shape index (κ3) is 5.78. The molecule has 0 unspecified atom stereocenters. The number of rotatable bonds is 9. The van der Waals surface area contributed by atoms with Gasteiger partial charge in [0.2, 0.25) is 5.75 Å². The van der Waals surface area contributed by atoms with Gasteiger partial charge in [0.15, 0.2) is 11.5 Å². The number of benzene rings is 2. The summed E-state index contributed by atoms with van der Waals surface area (Å²) >= 11 is 0. The molecule has 166 valence electrons. The lowest BCUT2D eigenvalue weighted by atomic mass is 10.1. The summed E-state index contributed by atoms with van der Waals surface area (Å²) in [4.78, 5) is 27.6. The summed E-state index contributed by atoms with van der Waals surface area (Å²) < 4.78 is 16.1. The lowest BCUT2D eigenvalue weighted by Crippen LogP contribution is -2.38. The molecule has 0 saturated heterocycles. The number of nitrogens with zero attached hydrogens (tertiary/aromatic N) is 1. The van der Waals surface area contributed by atoms with E-state index in [2.05, 4.69) is 5.32 Å². The van der Waals surface area contributed by atoms with E-state index in [9.17, 15) is 9.59 Å². The molecule has 2 aromatic rings. The van der Waals surface area contributed by atoms with Crippen LogP contribution >= 0.6 is 0 Å². The molecule has 31 heavy (non-hydrogen) atoms. The van der Waals surface area contributed by atoms with Gasteiger partial charge in [-0.05, 0) is 56.7 Å². The minimum atomic E-state index is -0.362. The fraction of sp³-hybridized carbons (Fsp3) is 0.333. The molecule has 2 rings (SSSR count). The highest BCUT2D eigenvalue weighted by molar-refractivity contribution is 6.05. The molecule has 0 saturated carbocycles. The highest BCUT2D eigenvalue weighted by Gasteiger charge is 2.20. The second kappa shape index (κ2) is 11.1. The van der Waals surface area contributed by atoms with E-state index >= 15 is 0 Å². The first-order valence-electron chi connectivity index (χ1n) is 10.1. The Morgan fingerprint density at radius 3 is 1.94 bits per heavy atom. The Bertz CT molecular complexity index is 922. The van der Waals surface area contributed by atoms with Gasteiger partial charge in [0, 0.05) is 18.7 Å². The first-order chi connectivity index (χ1) is 14.9. The predicted molar refractivity (Wildman–Crippen MR) is 121 cm³/mol. The van der Waals surface area contributed by atoms with E-state index in [0.29, 0.717) is 41.5 Å². The van der Waals surface area contributed by atoms with Gasteiger partial charge in [-0.1, -0.05) is 17.7 Å². The van der Waals surface area contributed by atoms with Crippen LogP contribution in [0.15, 0.2) is 42.1 Å². The fourth-order valence-electron chi connectivity index (χ4n) is 3.08. The Balaban J connectivity index is 2.51. The van der Waals surface area contributed by atoms with Gasteiger partial charge in [0.05, 0.1) is 21.3 Å². The van der Waals surface area contributed by atoms with Crippen molar-refractivity contribution in [2.45, 2.75) is 20.8 Å². The van der Waals surface area contributed by atoms with Crippen molar-refractivity contribution in [3.8, 4) is 17.2 Å². The van der Waals surface area contributed by atoms with Crippen LogP contribution in [0.4, 0.5) is 0 Å². The summed E-state index contributed by atoms with van der Waals surface area (Å²) in [6.07, 6.45) is 1.61. The first kappa shape index (κ1) is 23.8. The van der Waals surface area contributed by atoms with Crippen molar-refractivity contribution < 1.29 is 23.8 Å². The second-order valence-corrected chi connectivity index (χ2v) is 6.81. The largest absolute Gasteiger partial charge is 0.493 e. The summed E-state index contributed by atoms with van der Waals surface area (Å²) in [7, 11) is 4.56. The molecule has 0 radical (unpaired) electrons. The van der Waals surface area contributed by atoms with E-state index in [1.807, 2.05) is 32.9 Å². The van der Waals surface area contributed by atoms with Gasteiger partial charge in [0.1, 0.15) is 5.70 Å². The highest BCUT2D eigenvalue weighted by Crippen LogP contribution is 2.38. The highest BCUT2D eigenvalue weighted by atomic mass is 16.5. The first-order valence-corrected chi connectivity index (χ1v) is 10.1. The summed E-state index contributed by atoms with van der Waals surface area (Å²) in [5, 5.41) is 2.77. The molecule has 7 heteroatoms. The molecule has 0 bridgehead atoms. The average Bonchev–Trinajstić information content (AvgIpc) is 2.78. The molecule has 0 atom stereocenters. The Hall–Kier alpha value is -3.48. The number of aryl methyl sites for hydroxylation is 1. The Labute approximate surface area is 183 Å². The maximum absolute atomic E-state index is 13.1. The number of amides is 2. The Kier molecular flexibility index (Phi) is 8.49. The Morgan fingerprint density at radius 1 is 0.935 bits per heavy atom. The number of carbonyl (C=O) groups excluding carboxylic acids is 2. The van der Waals surface area contributed by atoms with Crippen LogP contribution in [-0.2, 0) is 4.79 Å².